The number of nitrogens with zero attached hydrogens (tertiary/aromatic N) is 2. The van der Waals surface area contributed by atoms with E-state index in [1.54, 1.807) is 19.1 Å². The van der Waals surface area contributed by atoms with Crippen LogP contribution in [0.4, 0.5) is 0 Å². The first kappa shape index (κ1) is 19.2. The molecule has 0 aliphatic carbocycles. The van der Waals surface area contributed by atoms with Gasteiger partial charge in [0, 0.05) is 0 Å². The molecule has 144 valence electrons. The maximum Gasteiger partial charge on any atom is 0.341 e. The third-order valence-corrected chi connectivity index (χ3v) is 3.86. The number of methoxy groups -OCH3 is 2. The van der Waals surface area contributed by atoms with E-state index < -0.39 is 5.97 Å². The molecular formula is C21H20N2O5. The Hall–Kier alpha value is -3.61. The molecule has 0 aliphatic rings. The third-order valence-electron chi connectivity index (χ3n) is 3.86. The summed E-state index contributed by atoms with van der Waals surface area (Å²) in [5.74, 6) is 0.333. The van der Waals surface area contributed by atoms with Crippen LogP contribution in [0.1, 0.15) is 17.3 Å². The summed E-state index contributed by atoms with van der Waals surface area (Å²) in [6.07, 6.45) is 0. The summed E-state index contributed by atoms with van der Waals surface area (Å²) in [6.45, 7) is 2.00. The zero-order valence-corrected chi connectivity index (χ0v) is 15.8. The summed E-state index contributed by atoms with van der Waals surface area (Å²) in [6, 6.07) is 16.5. The first-order valence-corrected chi connectivity index (χ1v) is 8.66. The Bertz CT molecular complexity index is 938. The van der Waals surface area contributed by atoms with Crippen LogP contribution in [0, 0.1) is 0 Å². The van der Waals surface area contributed by atoms with Gasteiger partial charge in [0.1, 0.15) is 11.3 Å². The first-order chi connectivity index (χ1) is 13.6. The average molecular weight is 380 g/mol. The van der Waals surface area contributed by atoms with Gasteiger partial charge >= 0.3 is 12.0 Å². The van der Waals surface area contributed by atoms with Crippen molar-refractivity contribution in [1.82, 2.24) is 9.97 Å². The normalized spacial score (nSPS) is 10.2. The fraction of sp³-hybridized carbons (Fsp3) is 0.190. The molecule has 0 N–H and O–H groups in total. The van der Waals surface area contributed by atoms with Gasteiger partial charge in [0.05, 0.1) is 26.9 Å². The lowest BCUT2D eigenvalue weighted by atomic mass is 10.0. The van der Waals surface area contributed by atoms with Crippen molar-refractivity contribution in [3.8, 4) is 34.6 Å². The van der Waals surface area contributed by atoms with Gasteiger partial charge in [0.2, 0.25) is 11.8 Å². The van der Waals surface area contributed by atoms with E-state index in [0.29, 0.717) is 0 Å². The molecule has 0 spiro atoms. The molecule has 0 aliphatic heterocycles. The Balaban J connectivity index is 2.04. The summed E-state index contributed by atoms with van der Waals surface area (Å²) in [5.41, 5.74) is 2.12. The highest BCUT2D eigenvalue weighted by Crippen LogP contribution is 2.31. The number of rotatable bonds is 7. The van der Waals surface area contributed by atoms with Crippen LogP contribution in [0.15, 0.2) is 54.6 Å². The number of carbonyl (C=O) groups excluding carboxylic acids is 1. The highest BCUT2D eigenvalue weighted by atomic mass is 16.5. The SMILES string of the molecule is CCOC(=O)c1ccc(-c2ccccc2)cc1Oc1nc(OC)cc(OC)n1. The van der Waals surface area contributed by atoms with Crippen molar-refractivity contribution in [2.75, 3.05) is 20.8 Å². The molecular weight excluding hydrogens is 360 g/mol. The van der Waals surface area contributed by atoms with E-state index in [0.717, 1.165) is 11.1 Å². The molecule has 0 saturated heterocycles. The number of ether oxygens (including phenoxy) is 4. The second kappa shape index (κ2) is 8.85. The molecule has 0 bridgehead atoms. The smallest absolute Gasteiger partial charge is 0.341 e. The maximum atomic E-state index is 12.4. The second-order valence-corrected chi connectivity index (χ2v) is 5.63. The van der Waals surface area contributed by atoms with Crippen molar-refractivity contribution in [2.45, 2.75) is 6.92 Å². The van der Waals surface area contributed by atoms with Crippen LogP contribution in [0.3, 0.4) is 0 Å². The fourth-order valence-corrected chi connectivity index (χ4v) is 2.53. The van der Waals surface area contributed by atoms with Crippen LogP contribution in [0.25, 0.3) is 11.1 Å². The molecule has 0 radical (unpaired) electrons. The van der Waals surface area contributed by atoms with Crippen molar-refractivity contribution in [1.29, 1.82) is 0 Å². The van der Waals surface area contributed by atoms with E-state index in [9.17, 15) is 4.79 Å². The lowest BCUT2D eigenvalue weighted by Gasteiger charge is -2.12. The Morgan fingerprint density at radius 2 is 1.57 bits per heavy atom. The van der Waals surface area contributed by atoms with Crippen LogP contribution in [0.2, 0.25) is 0 Å². The Morgan fingerprint density at radius 3 is 2.18 bits per heavy atom. The summed E-state index contributed by atoms with van der Waals surface area (Å²) in [4.78, 5) is 20.7. The minimum absolute atomic E-state index is 0.00744. The Labute approximate surface area is 162 Å². The first-order valence-electron chi connectivity index (χ1n) is 8.66. The van der Waals surface area contributed by atoms with E-state index in [2.05, 4.69) is 9.97 Å². The zero-order valence-electron chi connectivity index (χ0n) is 15.8. The molecule has 3 aromatic rings. The lowest BCUT2D eigenvalue weighted by molar-refractivity contribution is 0.0523. The van der Waals surface area contributed by atoms with Crippen LogP contribution in [0.5, 0.6) is 23.5 Å². The molecule has 1 heterocycles. The Morgan fingerprint density at radius 1 is 0.893 bits per heavy atom. The van der Waals surface area contributed by atoms with Crippen molar-refractivity contribution in [3.05, 3.63) is 60.2 Å². The van der Waals surface area contributed by atoms with Gasteiger partial charge in [0.25, 0.3) is 0 Å². The molecule has 7 heteroatoms. The topological polar surface area (TPSA) is 79.8 Å². The van der Waals surface area contributed by atoms with E-state index in [-0.39, 0.29) is 35.7 Å². The van der Waals surface area contributed by atoms with E-state index in [1.807, 2.05) is 36.4 Å². The molecule has 0 atom stereocenters. The van der Waals surface area contributed by atoms with Gasteiger partial charge < -0.3 is 18.9 Å². The fourth-order valence-electron chi connectivity index (χ4n) is 2.53. The molecule has 0 saturated carbocycles. The third kappa shape index (κ3) is 4.37. The molecule has 7 nitrogen and oxygen atoms in total. The van der Waals surface area contributed by atoms with Crippen LogP contribution >= 0.6 is 0 Å². The molecule has 28 heavy (non-hydrogen) atoms. The molecule has 2 aromatic carbocycles. The van der Waals surface area contributed by atoms with Gasteiger partial charge in [-0.3, -0.25) is 0 Å². The highest BCUT2D eigenvalue weighted by Gasteiger charge is 2.18. The number of hydrogen-bond donors (Lipinski definition) is 0. The predicted octanol–water partition coefficient (Wildman–Crippen LogP) is 4.13. The Kier molecular flexibility index (Phi) is 6.06. The summed E-state index contributed by atoms with van der Waals surface area (Å²) < 4.78 is 21.3. The van der Waals surface area contributed by atoms with Gasteiger partial charge in [-0.2, -0.15) is 9.97 Å². The van der Waals surface area contributed by atoms with Gasteiger partial charge in [-0.1, -0.05) is 36.4 Å². The largest absolute Gasteiger partial charge is 0.481 e. The van der Waals surface area contributed by atoms with E-state index in [4.69, 9.17) is 18.9 Å². The van der Waals surface area contributed by atoms with Crippen molar-refractivity contribution < 1.29 is 23.7 Å². The van der Waals surface area contributed by atoms with Gasteiger partial charge in [-0.15, -0.1) is 0 Å². The van der Waals surface area contributed by atoms with Crippen LogP contribution in [-0.2, 0) is 4.74 Å². The molecule has 0 fully saturated rings. The number of hydrogen-bond acceptors (Lipinski definition) is 7. The predicted molar refractivity (Wildman–Crippen MR) is 103 cm³/mol. The van der Waals surface area contributed by atoms with Gasteiger partial charge in [-0.05, 0) is 30.2 Å². The quantitative estimate of drug-likeness (QED) is 0.570. The van der Waals surface area contributed by atoms with Crippen LogP contribution < -0.4 is 14.2 Å². The van der Waals surface area contributed by atoms with Gasteiger partial charge in [-0.25, -0.2) is 4.79 Å². The minimum Gasteiger partial charge on any atom is -0.481 e. The van der Waals surface area contributed by atoms with Crippen molar-refractivity contribution in [2.24, 2.45) is 0 Å². The minimum atomic E-state index is -0.494. The van der Waals surface area contributed by atoms with E-state index in [1.165, 1.54) is 20.3 Å². The van der Waals surface area contributed by atoms with E-state index >= 15 is 0 Å². The summed E-state index contributed by atoms with van der Waals surface area (Å²) in [5, 5.41) is 0. The average Bonchev–Trinajstić information content (AvgIpc) is 2.74. The van der Waals surface area contributed by atoms with Crippen LogP contribution in [-0.4, -0.2) is 36.8 Å². The molecule has 3 rings (SSSR count). The lowest BCUT2D eigenvalue weighted by Crippen LogP contribution is -2.07. The number of esters is 1. The number of benzene rings is 2. The molecule has 1 aromatic heterocycles. The summed E-state index contributed by atoms with van der Waals surface area (Å²) in [7, 11) is 2.96. The zero-order chi connectivity index (χ0) is 19.9. The van der Waals surface area contributed by atoms with Gasteiger partial charge in [0.15, 0.2) is 0 Å². The highest BCUT2D eigenvalue weighted by molar-refractivity contribution is 5.93. The summed E-state index contributed by atoms with van der Waals surface area (Å²) >= 11 is 0. The van der Waals surface area contributed by atoms with Crippen molar-refractivity contribution >= 4 is 5.97 Å². The number of aromatic nitrogens is 2. The molecule has 0 unspecified atom stereocenters. The monoisotopic (exact) mass is 380 g/mol. The molecule has 0 amide bonds. The van der Waals surface area contributed by atoms with Crippen molar-refractivity contribution in [3.63, 3.8) is 0 Å². The standard InChI is InChI=1S/C21H20N2O5/c1-4-27-20(24)16-11-10-15(14-8-6-5-7-9-14)12-17(16)28-21-22-18(25-2)13-19(23-21)26-3/h5-13H,4H2,1-3H3. The maximum absolute atomic E-state index is 12.4. The second-order valence-electron chi connectivity index (χ2n) is 5.63. The number of carbonyl (C=O) groups is 1.